The van der Waals surface area contributed by atoms with Gasteiger partial charge in [-0.1, -0.05) is 33.6 Å². The zero-order chi connectivity index (χ0) is 19.6. The number of halogens is 2. The van der Waals surface area contributed by atoms with Crippen LogP contribution < -0.4 is 10.2 Å². The highest BCUT2D eigenvalue weighted by Crippen LogP contribution is 2.36. The molecule has 3 aromatic rings. The Morgan fingerprint density at radius 2 is 2.07 bits per heavy atom. The van der Waals surface area contributed by atoms with Crippen LogP contribution in [0.25, 0.3) is 22.3 Å². The third-order valence-corrected chi connectivity index (χ3v) is 5.18. The molecule has 1 heterocycles. The van der Waals surface area contributed by atoms with Crippen LogP contribution in [0, 0.1) is 6.92 Å². The third kappa shape index (κ3) is 4.34. The summed E-state index contributed by atoms with van der Waals surface area (Å²) in [6.07, 6.45) is 0.386. The van der Waals surface area contributed by atoms with E-state index in [4.69, 9.17) is 25.9 Å². The van der Waals surface area contributed by atoms with Gasteiger partial charge in [-0.25, -0.2) is 0 Å². The van der Waals surface area contributed by atoms with Crippen LogP contribution >= 0.6 is 27.5 Å². The predicted molar refractivity (Wildman–Crippen MR) is 108 cm³/mol. The Morgan fingerprint density at radius 3 is 2.81 bits per heavy atom. The molecule has 1 N–H and O–H groups in total. The highest BCUT2D eigenvalue weighted by Gasteiger charge is 2.15. The van der Waals surface area contributed by atoms with Crippen molar-refractivity contribution in [3.63, 3.8) is 0 Å². The second-order valence-electron chi connectivity index (χ2n) is 6.03. The zero-order valence-corrected chi connectivity index (χ0v) is 16.8. The molecule has 0 saturated heterocycles. The number of hydrogen-bond acceptors (Lipinski definition) is 4. The van der Waals surface area contributed by atoms with Crippen LogP contribution in [0.2, 0.25) is 5.02 Å². The summed E-state index contributed by atoms with van der Waals surface area (Å²) in [5, 5.41) is 9.51. The molecule has 0 aliphatic carbocycles. The first-order valence-corrected chi connectivity index (χ1v) is 9.41. The monoisotopic (exact) mass is 450 g/mol. The van der Waals surface area contributed by atoms with Crippen molar-refractivity contribution in [1.82, 2.24) is 0 Å². The minimum absolute atomic E-state index is 0.0169. The fourth-order valence-corrected chi connectivity index (χ4v) is 3.19. The average molecular weight is 452 g/mol. The van der Waals surface area contributed by atoms with E-state index in [1.165, 1.54) is 6.07 Å². The smallest absolute Gasteiger partial charge is 0.303 e. The van der Waals surface area contributed by atoms with Crippen LogP contribution in [0.4, 0.5) is 0 Å². The first-order valence-electron chi connectivity index (χ1n) is 8.24. The summed E-state index contributed by atoms with van der Waals surface area (Å²) in [7, 11) is 0. The van der Waals surface area contributed by atoms with Crippen molar-refractivity contribution in [2.24, 2.45) is 0 Å². The molecular weight excluding hydrogens is 436 g/mol. The van der Waals surface area contributed by atoms with E-state index < -0.39 is 5.97 Å². The topological polar surface area (TPSA) is 76.7 Å². The van der Waals surface area contributed by atoms with Gasteiger partial charge in [0.15, 0.2) is 11.0 Å². The quantitative estimate of drug-likeness (QED) is 0.506. The molecule has 0 spiro atoms. The first-order chi connectivity index (χ1) is 12.9. The van der Waals surface area contributed by atoms with E-state index in [1.807, 2.05) is 13.0 Å². The largest absolute Gasteiger partial charge is 0.493 e. The van der Waals surface area contributed by atoms with Gasteiger partial charge in [0.05, 0.1) is 22.6 Å². The number of ether oxygens (including phenoxy) is 1. The Bertz CT molecular complexity index is 1070. The maximum absolute atomic E-state index is 12.5. The zero-order valence-electron chi connectivity index (χ0n) is 14.4. The molecule has 27 heavy (non-hydrogen) atoms. The molecule has 0 unspecified atom stereocenters. The lowest BCUT2D eigenvalue weighted by molar-refractivity contribution is -0.137. The van der Waals surface area contributed by atoms with Crippen LogP contribution in [0.5, 0.6) is 5.75 Å². The highest BCUT2D eigenvalue weighted by atomic mass is 79.9. The standard InChI is InChI=1S/C20H16BrClO5/c1-11-8-13(17(9-14(11)21)26-7-3-6-19(24)25)18-10-16(23)12-4-2-5-15(22)20(12)27-18/h2,4-5,8-10H,3,6-7H2,1H3,(H,24,25). The van der Waals surface area contributed by atoms with Crippen LogP contribution in [0.1, 0.15) is 18.4 Å². The molecule has 1 aromatic heterocycles. The van der Waals surface area contributed by atoms with E-state index in [0.29, 0.717) is 39.5 Å². The Balaban J connectivity index is 2.06. The molecule has 0 atom stereocenters. The van der Waals surface area contributed by atoms with Gasteiger partial charge in [-0.3, -0.25) is 9.59 Å². The summed E-state index contributed by atoms with van der Waals surface area (Å²) in [5.41, 5.74) is 1.65. The van der Waals surface area contributed by atoms with Gasteiger partial charge < -0.3 is 14.3 Å². The van der Waals surface area contributed by atoms with E-state index >= 15 is 0 Å². The number of carboxylic acids is 1. The molecule has 0 aliphatic rings. The number of rotatable bonds is 6. The van der Waals surface area contributed by atoms with Crippen molar-refractivity contribution >= 4 is 44.5 Å². The minimum atomic E-state index is -0.876. The van der Waals surface area contributed by atoms with E-state index in [9.17, 15) is 9.59 Å². The lowest BCUT2D eigenvalue weighted by Crippen LogP contribution is -2.04. The average Bonchev–Trinajstić information content (AvgIpc) is 2.62. The number of aryl methyl sites for hydroxylation is 1. The van der Waals surface area contributed by atoms with Gasteiger partial charge in [0.2, 0.25) is 0 Å². The molecule has 0 radical (unpaired) electrons. The molecule has 7 heteroatoms. The van der Waals surface area contributed by atoms with Gasteiger partial charge in [-0.05, 0) is 43.2 Å². The maximum Gasteiger partial charge on any atom is 0.303 e. The van der Waals surface area contributed by atoms with Gasteiger partial charge in [0.1, 0.15) is 11.5 Å². The number of aliphatic carboxylic acids is 1. The summed E-state index contributed by atoms with van der Waals surface area (Å²) in [5.74, 6) is -0.0454. The lowest BCUT2D eigenvalue weighted by atomic mass is 10.1. The van der Waals surface area contributed by atoms with E-state index in [0.717, 1.165) is 10.0 Å². The van der Waals surface area contributed by atoms with Crippen molar-refractivity contribution in [3.05, 3.63) is 61.7 Å². The SMILES string of the molecule is Cc1cc(-c2cc(=O)c3cccc(Cl)c3o2)c(OCCCC(=O)O)cc1Br. The van der Waals surface area contributed by atoms with Gasteiger partial charge in [-0.15, -0.1) is 0 Å². The van der Waals surface area contributed by atoms with E-state index in [2.05, 4.69) is 15.9 Å². The van der Waals surface area contributed by atoms with E-state index in [-0.39, 0.29) is 18.5 Å². The van der Waals surface area contributed by atoms with Crippen molar-refractivity contribution in [2.45, 2.75) is 19.8 Å². The second-order valence-corrected chi connectivity index (χ2v) is 7.30. The van der Waals surface area contributed by atoms with Crippen LogP contribution in [0.3, 0.4) is 0 Å². The number of para-hydroxylation sites is 1. The van der Waals surface area contributed by atoms with Crippen molar-refractivity contribution in [2.75, 3.05) is 6.61 Å². The molecular formula is C20H16BrClO5. The minimum Gasteiger partial charge on any atom is -0.493 e. The summed E-state index contributed by atoms with van der Waals surface area (Å²) in [6, 6.07) is 10.0. The number of carboxylic acid groups (broad SMARTS) is 1. The second kappa shape index (κ2) is 8.15. The molecule has 0 aliphatic heterocycles. The van der Waals surface area contributed by atoms with Crippen LogP contribution in [-0.2, 0) is 4.79 Å². The number of hydrogen-bond donors (Lipinski definition) is 1. The summed E-state index contributed by atoms with van der Waals surface area (Å²) < 4.78 is 12.5. The van der Waals surface area contributed by atoms with Crippen LogP contribution in [-0.4, -0.2) is 17.7 Å². The molecule has 0 bridgehead atoms. The molecule has 2 aromatic carbocycles. The molecule has 3 rings (SSSR count). The van der Waals surface area contributed by atoms with Gasteiger partial charge in [0, 0.05) is 17.0 Å². The lowest BCUT2D eigenvalue weighted by Gasteiger charge is -2.13. The third-order valence-electron chi connectivity index (χ3n) is 4.03. The normalized spacial score (nSPS) is 10.9. The molecule has 0 fully saturated rings. The van der Waals surface area contributed by atoms with Gasteiger partial charge in [0.25, 0.3) is 0 Å². The van der Waals surface area contributed by atoms with E-state index in [1.54, 1.807) is 24.3 Å². The van der Waals surface area contributed by atoms with Crippen molar-refractivity contribution in [1.29, 1.82) is 0 Å². The predicted octanol–water partition coefficient (Wildman–Crippen LogP) is 5.43. The maximum atomic E-state index is 12.5. The Labute approximate surface area is 168 Å². The fourth-order valence-electron chi connectivity index (χ4n) is 2.66. The Morgan fingerprint density at radius 1 is 1.30 bits per heavy atom. The summed E-state index contributed by atoms with van der Waals surface area (Å²) in [6.45, 7) is 2.14. The van der Waals surface area contributed by atoms with Crippen LogP contribution in [0.15, 0.2) is 50.1 Å². The fraction of sp³-hybridized carbons (Fsp3) is 0.200. The Kier molecular flexibility index (Phi) is 5.87. The molecule has 0 saturated carbocycles. The van der Waals surface area contributed by atoms with Crippen molar-refractivity contribution < 1.29 is 19.1 Å². The van der Waals surface area contributed by atoms with Crippen molar-refractivity contribution in [3.8, 4) is 17.1 Å². The highest BCUT2D eigenvalue weighted by molar-refractivity contribution is 9.10. The first kappa shape index (κ1) is 19.5. The number of fused-ring (bicyclic) bond motifs is 1. The molecule has 5 nitrogen and oxygen atoms in total. The number of carbonyl (C=O) groups is 1. The number of benzene rings is 2. The summed E-state index contributed by atoms with van der Waals surface area (Å²) >= 11 is 9.65. The molecule has 0 amide bonds. The summed E-state index contributed by atoms with van der Waals surface area (Å²) in [4.78, 5) is 23.2. The Hall–Kier alpha value is -2.31. The molecule has 140 valence electrons. The van der Waals surface area contributed by atoms with Gasteiger partial charge >= 0.3 is 5.97 Å². The van der Waals surface area contributed by atoms with Gasteiger partial charge in [-0.2, -0.15) is 0 Å².